The van der Waals surface area contributed by atoms with Gasteiger partial charge in [0.1, 0.15) is 5.00 Å². The van der Waals surface area contributed by atoms with E-state index in [-0.39, 0.29) is 5.56 Å². The highest BCUT2D eigenvalue weighted by Gasteiger charge is 2.14. The molecule has 0 atom stereocenters. The smallest absolute Gasteiger partial charge is 0.328 e. The second-order valence-electron chi connectivity index (χ2n) is 4.29. The summed E-state index contributed by atoms with van der Waals surface area (Å²) in [5, 5.41) is 16.2. The van der Waals surface area contributed by atoms with Crippen molar-refractivity contribution in [3.63, 3.8) is 0 Å². The molecule has 1 aromatic carbocycles. The number of carbonyl (C=O) groups is 3. The fourth-order valence-electron chi connectivity index (χ4n) is 1.62. The Bertz CT molecular complexity index is 768. The highest BCUT2D eigenvalue weighted by atomic mass is 35.5. The van der Waals surface area contributed by atoms with E-state index in [0.29, 0.717) is 15.7 Å². The Kier molecular flexibility index (Phi) is 5.51. The van der Waals surface area contributed by atoms with Crippen LogP contribution in [0.2, 0.25) is 5.02 Å². The van der Waals surface area contributed by atoms with E-state index < -0.39 is 17.8 Å². The predicted octanol–water partition coefficient (Wildman–Crippen LogP) is 3.23. The first-order valence-corrected chi connectivity index (χ1v) is 7.58. The lowest BCUT2D eigenvalue weighted by molar-refractivity contribution is -0.131. The maximum absolute atomic E-state index is 12.2. The molecule has 2 rings (SSSR count). The van der Waals surface area contributed by atoms with E-state index in [9.17, 15) is 14.4 Å². The summed E-state index contributed by atoms with van der Waals surface area (Å²) in [6, 6.07) is 8.15. The molecule has 2 amide bonds. The van der Waals surface area contributed by atoms with Crippen LogP contribution < -0.4 is 10.6 Å². The van der Waals surface area contributed by atoms with E-state index >= 15 is 0 Å². The van der Waals surface area contributed by atoms with Crippen LogP contribution in [0.5, 0.6) is 0 Å². The number of thiophene rings is 1. The summed E-state index contributed by atoms with van der Waals surface area (Å²) in [6.45, 7) is 0. The maximum Gasteiger partial charge on any atom is 0.328 e. The summed E-state index contributed by atoms with van der Waals surface area (Å²) >= 11 is 6.93. The van der Waals surface area contributed by atoms with Gasteiger partial charge in [-0.05, 0) is 35.7 Å². The second-order valence-corrected chi connectivity index (χ2v) is 5.64. The van der Waals surface area contributed by atoms with Crippen LogP contribution in [0, 0.1) is 0 Å². The minimum atomic E-state index is -1.23. The van der Waals surface area contributed by atoms with Gasteiger partial charge in [-0.3, -0.25) is 9.59 Å². The molecular weight excluding hydrogens is 340 g/mol. The molecule has 6 nitrogen and oxygen atoms in total. The first kappa shape index (κ1) is 16.7. The number of aliphatic carboxylic acids is 1. The molecule has 0 saturated heterocycles. The van der Waals surface area contributed by atoms with Gasteiger partial charge in [-0.2, -0.15) is 0 Å². The zero-order valence-corrected chi connectivity index (χ0v) is 13.1. The molecule has 0 fully saturated rings. The number of carboxylic acids is 1. The number of anilines is 2. The Morgan fingerprint density at radius 1 is 1.04 bits per heavy atom. The maximum atomic E-state index is 12.2. The zero-order valence-electron chi connectivity index (χ0n) is 11.6. The summed E-state index contributed by atoms with van der Waals surface area (Å²) in [6.07, 6.45) is 1.60. The molecule has 0 aliphatic carbocycles. The molecule has 118 valence electrons. The number of carboxylic acid groups (broad SMARTS) is 1. The van der Waals surface area contributed by atoms with E-state index in [1.54, 1.807) is 35.7 Å². The van der Waals surface area contributed by atoms with Crippen molar-refractivity contribution < 1.29 is 19.5 Å². The van der Waals surface area contributed by atoms with Crippen molar-refractivity contribution in [1.29, 1.82) is 0 Å². The quantitative estimate of drug-likeness (QED) is 0.721. The van der Waals surface area contributed by atoms with E-state index in [1.165, 1.54) is 0 Å². The molecule has 8 heteroatoms. The summed E-state index contributed by atoms with van der Waals surface area (Å²) < 4.78 is 0. The summed E-state index contributed by atoms with van der Waals surface area (Å²) in [4.78, 5) is 34.2. The van der Waals surface area contributed by atoms with Crippen LogP contribution in [0.1, 0.15) is 10.4 Å². The first-order chi connectivity index (χ1) is 11.0. The van der Waals surface area contributed by atoms with Gasteiger partial charge in [-0.15, -0.1) is 11.3 Å². The van der Waals surface area contributed by atoms with Crippen molar-refractivity contribution in [2.24, 2.45) is 0 Å². The van der Waals surface area contributed by atoms with Crippen molar-refractivity contribution in [2.45, 2.75) is 0 Å². The average Bonchev–Trinajstić information content (AvgIpc) is 2.95. The molecule has 0 bridgehead atoms. The largest absolute Gasteiger partial charge is 0.478 e. The molecule has 1 heterocycles. The van der Waals surface area contributed by atoms with E-state index in [0.717, 1.165) is 23.5 Å². The average molecular weight is 351 g/mol. The zero-order chi connectivity index (χ0) is 16.8. The van der Waals surface area contributed by atoms with E-state index in [4.69, 9.17) is 16.7 Å². The van der Waals surface area contributed by atoms with Gasteiger partial charge >= 0.3 is 5.97 Å². The molecule has 0 spiro atoms. The van der Waals surface area contributed by atoms with Crippen molar-refractivity contribution >= 4 is 51.4 Å². The standard InChI is InChI=1S/C15H11ClN2O4S/c16-9-1-3-10(4-2-9)17-14(22)11-7-8-23-15(11)18-12(19)5-6-13(20)21/h1-8H,(H,17,22)(H,18,19)(H,20,21)/b6-5-. The molecule has 0 saturated carbocycles. The van der Waals surface area contributed by atoms with E-state index in [2.05, 4.69) is 10.6 Å². The number of rotatable bonds is 5. The van der Waals surface area contributed by atoms with Crippen LogP contribution in [-0.4, -0.2) is 22.9 Å². The van der Waals surface area contributed by atoms with E-state index in [1.807, 2.05) is 0 Å². The molecule has 0 aliphatic rings. The molecule has 3 N–H and O–H groups in total. The second kappa shape index (κ2) is 7.57. The third-order valence-electron chi connectivity index (χ3n) is 2.63. The van der Waals surface area contributed by atoms with Gasteiger partial charge < -0.3 is 15.7 Å². The Morgan fingerprint density at radius 2 is 1.74 bits per heavy atom. The van der Waals surface area contributed by atoms with Crippen molar-refractivity contribution in [2.75, 3.05) is 10.6 Å². The lowest BCUT2D eigenvalue weighted by Gasteiger charge is -2.06. The van der Waals surface area contributed by atoms with Gasteiger partial charge in [0.05, 0.1) is 5.56 Å². The van der Waals surface area contributed by atoms with Crippen LogP contribution in [0.3, 0.4) is 0 Å². The van der Waals surface area contributed by atoms with Gasteiger partial charge in [0.25, 0.3) is 5.91 Å². The SMILES string of the molecule is O=C(O)/C=C\C(=O)Nc1sccc1C(=O)Nc1ccc(Cl)cc1. The highest BCUT2D eigenvalue weighted by molar-refractivity contribution is 7.14. The first-order valence-electron chi connectivity index (χ1n) is 6.32. The minimum absolute atomic E-state index is 0.280. The predicted molar refractivity (Wildman–Crippen MR) is 89.1 cm³/mol. The van der Waals surface area contributed by atoms with Gasteiger partial charge in [0, 0.05) is 22.9 Å². The normalized spacial score (nSPS) is 10.5. The lowest BCUT2D eigenvalue weighted by atomic mass is 10.2. The molecule has 0 unspecified atom stereocenters. The number of nitrogens with one attached hydrogen (secondary N) is 2. The fourth-order valence-corrected chi connectivity index (χ4v) is 2.53. The van der Waals surface area contributed by atoms with Gasteiger partial charge in [-0.1, -0.05) is 11.6 Å². The van der Waals surface area contributed by atoms with Crippen molar-refractivity contribution in [3.8, 4) is 0 Å². The number of halogens is 1. The summed E-state index contributed by atoms with van der Waals surface area (Å²) in [5.41, 5.74) is 0.843. The lowest BCUT2D eigenvalue weighted by Crippen LogP contribution is -2.15. The fraction of sp³-hybridized carbons (Fsp3) is 0. The number of carbonyl (C=O) groups excluding carboxylic acids is 2. The Balaban J connectivity index is 2.07. The number of hydrogen-bond donors (Lipinski definition) is 3. The van der Waals surface area contributed by atoms with Crippen molar-refractivity contribution in [3.05, 3.63) is 58.5 Å². The van der Waals surface area contributed by atoms with Crippen LogP contribution in [-0.2, 0) is 9.59 Å². The minimum Gasteiger partial charge on any atom is -0.478 e. The van der Waals surface area contributed by atoms with Gasteiger partial charge in [-0.25, -0.2) is 4.79 Å². The Labute approximate surface area is 140 Å². The molecule has 1 aromatic heterocycles. The highest BCUT2D eigenvalue weighted by Crippen LogP contribution is 2.24. The molecular formula is C15H11ClN2O4S. The number of amides is 2. The topological polar surface area (TPSA) is 95.5 Å². The summed E-state index contributed by atoms with van der Waals surface area (Å²) in [7, 11) is 0. The Hall–Kier alpha value is -2.64. The molecule has 0 aliphatic heterocycles. The van der Waals surface area contributed by atoms with Crippen LogP contribution in [0.25, 0.3) is 0 Å². The van der Waals surface area contributed by atoms with Crippen LogP contribution in [0.4, 0.5) is 10.7 Å². The molecule has 23 heavy (non-hydrogen) atoms. The third-order valence-corrected chi connectivity index (χ3v) is 3.71. The third kappa shape index (κ3) is 4.94. The molecule has 2 aromatic rings. The van der Waals surface area contributed by atoms with Gasteiger partial charge in [0.15, 0.2) is 0 Å². The van der Waals surface area contributed by atoms with Crippen LogP contribution in [0.15, 0.2) is 47.9 Å². The number of benzene rings is 1. The molecule has 0 radical (unpaired) electrons. The monoisotopic (exact) mass is 350 g/mol. The van der Waals surface area contributed by atoms with Crippen LogP contribution >= 0.6 is 22.9 Å². The summed E-state index contributed by atoms with van der Waals surface area (Å²) in [5.74, 6) is -2.26. The van der Waals surface area contributed by atoms with Crippen molar-refractivity contribution in [1.82, 2.24) is 0 Å². The van der Waals surface area contributed by atoms with Gasteiger partial charge in [0.2, 0.25) is 5.91 Å². The Morgan fingerprint density at radius 3 is 2.39 bits per heavy atom. The number of hydrogen-bond acceptors (Lipinski definition) is 4.